The van der Waals surface area contributed by atoms with E-state index in [2.05, 4.69) is 27.6 Å². The molecule has 0 bridgehead atoms. The van der Waals surface area contributed by atoms with Crippen molar-refractivity contribution in [3.8, 4) is 11.5 Å². The monoisotopic (exact) mass is 479 g/mol. The van der Waals surface area contributed by atoms with Crippen molar-refractivity contribution in [2.75, 3.05) is 36.5 Å². The maximum Gasteiger partial charge on any atom is 0.257 e. The molecule has 0 atom stereocenters. The molecule has 9 heteroatoms. The predicted molar refractivity (Wildman–Crippen MR) is 133 cm³/mol. The molecule has 34 heavy (non-hydrogen) atoms. The molecular formula is C25H26ClN5O3. The SMILES string of the molecule is CN1CCC(C(=O)Nc2cc(Oc3ccc(NC(=O)c4ccccc4N)c(Cl)c3)ccn2)CC1. The van der Waals surface area contributed by atoms with Crippen LogP contribution in [0.4, 0.5) is 17.2 Å². The molecule has 0 saturated carbocycles. The van der Waals surface area contributed by atoms with Gasteiger partial charge in [-0.25, -0.2) is 4.98 Å². The Morgan fingerprint density at radius 1 is 1.06 bits per heavy atom. The lowest BCUT2D eigenvalue weighted by Gasteiger charge is -2.27. The number of nitrogens with two attached hydrogens (primary N) is 1. The first-order valence-corrected chi connectivity index (χ1v) is 11.4. The van der Waals surface area contributed by atoms with Crippen molar-refractivity contribution in [2.45, 2.75) is 12.8 Å². The molecule has 1 aliphatic heterocycles. The zero-order chi connectivity index (χ0) is 24.1. The Bertz CT molecular complexity index is 1190. The number of halogens is 1. The van der Waals surface area contributed by atoms with Gasteiger partial charge < -0.3 is 26.0 Å². The minimum atomic E-state index is -0.354. The number of benzene rings is 2. The van der Waals surface area contributed by atoms with E-state index in [1.54, 1.807) is 60.8 Å². The summed E-state index contributed by atoms with van der Waals surface area (Å²) in [6.07, 6.45) is 3.23. The molecule has 0 aliphatic carbocycles. The van der Waals surface area contributed by atoms with Crippen LogP contribution in [0.5, 0.6) is 11.5 Å². The zero-order valence-corrected chi connectivity index (χ0v) is 19.5. The topological polar surface area (TPSA) is 110 Å². The Morgan fingerprint density at radius 3 is 2.53 bits per heavy atom. The van der Waals surface area contributed by atoms with Gasteiger partial charge in [0, 0.05) is 29.9 Å². The van der Waals surface area contributed by atoms with Gasteiger partial charge in [-0.15, -0.1) is 0 Å². The summed E-state index contributed by atoms with van der Waals surface area (Å²) in [5, 5.41) is 5.95. The highest BCUT2D eigenvalue weighted by atomic mass is 35.5. The summed E-state index contributed by atoms with van der Waals surface area (Å²) < 4.78 is 5.89. The molecule has 4 rings (SSSR count). The van der Waals surface area contributed by atoms with Crippen molar-refractivity contribution in [3.63, 3.8) is 0 Å². The van der Waals surface area contributed by atoms with E-state index in [1.807, 2.05) is 0 Å². The van der Waals surface area contributed by atoms with Crippen molar-refractivity contribution in [1.29, 1.82) is 0 Å². The number of carbonyl (C=O) groups is 2. The number of nitrogen functional groups attached to an aromatic ring is 1. The van der Waals surface area contributed by atoms with Crippen molar-refractivity contribution in [1.82, 2.24) is 9.88 Å². The summed E-state index contributed by atoms with van der Waals surface area (Å²) in [7, 11) is 2.06. The minimum Gasteiger partial charge on any atom is -0.457 e. The molecule has 0 unspecified atom stereocenters. The third kappa shape index (κ3) is 5.84. The van der Waals surface area contributed by atoms with Crippen molar-refractivity contribution in [2.24, 2.45) is 5.92 Å². The molecule has 0 radical (unpaired) electrons. The van der Waals surface area contributed by atoms with E-state index in [0.29, 0.717) is 39.3 Å². The van der Waals surface area contributed by atoms with E-state index in [1.165, 1.54) is 0 Å². The number of carbonyl (C=O) groups excluding carboxylic acids is 2. The van der Waals surface area contributed by atoms with E-state index < -0.39 is 0 Å². The van der Waals surface area contributed by atoms with E-state index in [-0.39, 0.29) is 17.7 Å². The fourth-order valence-corrected chi connectivity index (χ4v) is 3.95. The number of hydrogen-bond acceptors (Lipinski definition) is 6. The van der Waals surface area contributed by atoms with Crippen LogP contribution in [0, 0.1) is 5.92 Å². The van der Waals surface area contributed by atoms with Gasteiger partial charge >= 0.3 is 0 Å². The average molecular weight is 480 g/mol. The van der Waals surface area contributed by atoms with Crippen molar-refractivity contribution >= 4 is 40.6 Å². The van der Waals surface area contributed by atoms with Crippen LogP contribution in [-0.2, 0) is 4.79 Å². The molecule has 1 aliphatic rings. The van der Waals surface area contributed by atoms with Crippen LogP contribution in [0.2, 0.25) is 5.02 Å². The first-order valence-electron chi connectivity index (χ1n) is 11.0. The lowest BCUT2D eigenvalue weighted by Crippen LogP contribution is -2.36. The van der Waals surface area contributed by atoms with Crippen LogP contribution >= 0.6 is 11.6 Å². The molecule has 2 amide bonds. The number of amides is 2. The van der Waals surface area contributed by atoms with E-state index >= 15 is 0 Å². The lowest BCUT2D eigenvalue weighted by molar-refractivity contribution is -0.121. The first kappa shape index (κ1) is 23.5. The van der Waals surface area contributed by atoms with Gasteiger partial charge in [-0.2, -0.15) is 0 Å². The van der Waals surface area contributed by atoms with Crippen molar-refractivity contribution in [3.05, 3.63) is 71.4 Å². The van der Waals surface area contributed by atoms with Crippen LogP contribution in [0.3, 0.4) is 0 Å². The van der Waals surface area contributed by atoms with E-state index in [0.717, 1.165) is 25.9 Å². The molecule has 176 valence electrons. The molecular weight excluding hydrogens is 454 g/mol. The Morgan fingerprint density at radius 2 is 1.79 bits per heavy atom. The Kier molecular flexibility index (Phi) is 7.30. The second-order valence-corrected chi connectivity index (χ2v) is 8.64. The molecule has 4 N–H and O–H groups in total. The van der Waals surface area contributed by atoms with Crippen molar-refractivity contribution < 1.29 is 14.3 Å². The first-order chi connectivity index (χ1) is 16.4. The molecule has 2 aromatic carbocycles. The smallest absolute Gasteiger partial charge is 0.257 e. The number of para-hydroxylation sites is 1. The Balaban J connectivity index is 1.39. The van der Waals surface area contributed by atoms with Gasteiger partial charge in [0.1, 0.15) is 17.3 Å². The van der Waals surface area contributed by atoms with Crippen LogP contribution in [0.1, 0.15) is 23.2 Å². The van der Waals surface area contributed by atoms with Gasteiger partial charge in [0.2, 0.25) is 5.91 Å². The van der Waals surface area contributed by atoms with Crippen LogP contribution < -0.4 is 21.1 Å². The Labute approximate surface area is 203 Å². The predicted octanol–water partition coefficient (Wildman–Crippen LogP) is 4.64. The van der Waals surface area contributed by atoms with Gasteiger partial charge in [0.05, 0.1) is 16.3 Å². The quantitative estimate of drug-likeness (QED) is 0.444. The fraction of sp³-hybridized carbons (Fsp3) is 0.240. The average Bonchev–Trinajstić information content (AvgIpc) is 2.82. The fourth-order valence-electron chi connectivity index (χ4n) is 3.73. The number of rotatable bonds is 6. The normalized spacial score (nSPS) is 14.4. The molecule has 0 spiro atoms. The highest BCUT2D eigenvalue weighted by molar-refractivity contribution is 6.34. The lowest BCUT2D eigenvalue weighted by atomic mass is 9.96. The maximum atomic E-state index is 12.6. The number of aromatic nitrogens is 1. The summed E-state index contributed by atoms with van der Waals surface area (Å²) in [5.41, 5.74) is 7.05. The van der Waals surface area contributed by atoms with Gasteiger partial charge in [-0.3, -0.25) is 9.59 Å². The van der Waals surface area contributed by atoms with Crippen LogP contribution in [-0.4, -0.2) is 41.8 Å². The number of piperidine rings is 1. The van der Waals surface area contributed by atoms with Gasteiger partial charge in [0.25, 0.3) is 5.91 Å². The number of pyridine rings is 1. The standard InChI is InChI=1S/C25H26ClN5O3/c1-31-12-9-16(10-13-31)24(32)30-23-15-18(8-11-28-23)34-17-6-7-22(20(26)14-17)29-25(33)19-4-2-3-5-21(19)27/h2-8,11,14-16H,9-10,12-13,27H2,1H3,(H,29,33)(H,28,30,32). The summed E-state index contributed by atoms with van der Waals surface area (Å²) in [6.45, 7) is 1.81. The highest BCUT2D eigenvalue weighted by Crippen LogP contribution is 2.31. The third-order valence-corrected chi connectivity index (χ3v) is 6.01. The number of nitrogens with one attached hydrogen (secondary N) is 2. The molecule has 1 fully saturated rings. The second kappa shape index (κ2) is 10.5. The van der Waals surface area contributed by atoms with Gasteiger partial charge in [0.15, 0.2) is 0 Å². The van der Waals surface area contributed by atoms with Crippen LogP contribution in [0.15, 0.2) is 60.8 Å². The number of hydrogen-bond donors (Lipinski definition) is 3. The minimum absolute atomic E-state index is 0.0182. The molecule has 8 nitrogen and oxygen atoms in total. The number of ether oxygens (including phenoxy) is 1. The summed E-state index contributed by atoms with van der Waals surface area (Å²) in [6, 6.07) is 15.1. The highest BCUT2D eigenvalue weighted by Gasteiger charge is 2.23. The Hall–Kier alpha value is -3.62. The second-order valence-electron chi connectivity index (χ2n) is 8.23. The van der Waals surface area contributed by atoms with Gasteiger partial charge in [-0.1, -0.05) is 23.7 Å². The van der Waals surface area contributed by atoms with Gasteiger partial charge in [-0.05, 0) is 63.3 Å². The molecule has 1 saturated heterocycles. The number of anilines is 3. The summed E-state index contributed by atoms with van der Waals surface area (Å²) in [5.74, 6) is 1.000. The van der Waals surface area contributed by atoms with E-state index in [4.69, 9.17) is 22.1 Å². The third-order valence-electron chi connectivity index (χ3n) is 5.70. The largest absolute Gasteiger partial charge is 0.457 e. The molecule has 1 aromatic heterocycles. The maximum absolute atomic E-state index is 12.6. The number of nitrogens with zero attached hydrogens (tertiary/aromatic N) is 2. The zero-order valence-electron chi connectivity index (χ0n) is 18.8. The summed E-state index contributed by atoms with van der Waals surface area (Å²) in [4.78, 5) is 31.5. The molecule has 2 heterocycles. The molecule has 3 aromatic rings. The summed E-state index contributed by atoms with van der Waals surface area (Å²) >= 11 is 6.36. The number of likely N-dealkylation sites (tertiary alicyclic amines) is 1. The van der Waals surface area contributed by atoms with E-state index in [9.17, 15) is 9.59 Å². The van der Waals surface area contributed by atoms with Crippen LogP contribution in [0.25, 0.3) is 0 Å².